The van der Waals surface area contributed by atoms with Crippen molar-refractivity contribution in [2.45, 2.75) is 45.6 Å². The van der Waals surface area contributed by atoms with Crippen LogP contribution in [0.5, 0.6) is 0 Å². The molecule has 1 saturated carbocycles. The first-order chi connectivity index (χ1) is 9.36. The van der Waals surface area contributed by atoms with Crippen LogP contribution in [-0.4, -0.2) is 16.6 Å². The topological polar surface area (TPSA) is 63.3 Å². The van der Waals surface area contributed by atoms with Crippen molar-refractivity contribution in [3.63, 3.8) is 0 Å². The zero-order valence-electron chi connectivity index (χ0n) is 12.8. The number of hydrogen-bond acceptors (Lipinski definition) is 2. The molecule has 0 spiro atoms. The third kappa shape index (κ3) is 2.69. The summed E-state index contributed by atoms with van der Waals surface area (Å²) >= 11 is 0. The lowest BCUT2D eigenvalue weighted by molar-refractivity contribution is -0.143. The minimum absolute atomic E-state index is 0.244. The highest BCUT2D eigenvalue weighted by atomic mass is 16.4. The number of hydrogen-bond donors (Lipinski definition) is 2. The molecule has 0 amide bonds. The van der Waals surface area contributed by atoms with E-state index in [9.17, 15) is 9.90 Å². The summed E-state index contributed by atoms with van der Waals surface area (Å²) < 4.78 is 0. The number of nitrogens with two attached hydrogens (primary N) is 1. The second kappa shape index (κ2) is 5.72. The minimum Gasteiger partial charge on any atom is -0.481 e. The molecule has 2 aliphatic rings. The molecule has 0 aliphatic heterocycles. The zero-order chi connectivity index (χ0) is 14.9. The van der Waals surface area contributed by atoms with Crippen LogP contribution in [0.25, 0.3) is 0 Å². The van der Waals surface area contributed by atoms with Crippen LogP contribution < -0.4 is 5.73 Å². The fraction of sp³-hybridized carbons (Fsp3) is 0.706. The predicted molar refractivity (Wildman–Crippen MR) is 81.2 cm³/mol. The van der Waals surface area contributed by atoms with Crippen molar-refractivity contribution in [2.75, 3.05) is 0 Å². The van der Waals surface area contributed by atoms with Crippen LogP contribution >= 0.6 is 0 Å². The van der Waals surface area contributed by atoms with E-state index in [1.165, 1.54) is 6.42 Å². The maximum Gasteiger partial charge on any atom is 0.312 e. The van der Waals surface area contributed by atoms with Gasteiger partial charge in [0.25, 0.3) is 0 Å². The Bertz CT molecular complexity index is 427. The van der Waals surface area contributed by atoms with Gasteiger partial charge in [-0.25, -0.2) is 0 Å². The molecule has 0 aromatic heterocycles. The standard InChI is InChI=1S/C17H27NO2/c1-11(2)13-8-7-12(3)10-15(13)17(18)9-5-4-6-14(17)16(19)20/h4-6,9,11-15H,7-8,10,18H2,1-3H3,(H,19,20). The van der Waals surface area contributed by atoms with Gasteiger partial charge in [-0.2, -0.15) is 0 Å². The number of carboxylic acid groups (broad SMARTS) is 1. The molecule has 1 fully saturated rings. The Kier molecular flexibility index (Phi) is 4.38. The summed E-state index contributed by atoms with van der Waals surface area (Å²) in [6, 6.07) is 0. The molecule has 3 heteroatoms. The van der Waals surface area contributed by atoms with Crippen molar-refractivity contribution < 1.29 is 9.90 Å². The second-order valence-electron chi connectivity index (χ2n) is 6.99. The monoisotopic (exact) mass is 277 g/mol. The SMILES string of the molecule is CC1CCC(C(C)C)C(C2(N)C=CC=CC2C(=O)O)C1. The van der Waals surface area contributed by atoms with Crippen LogP contribution in [-0.2, 0) is 4.79 Å². The summed E-state index contributed by atoms with van der Waals surface area (Å²) in [5, 5.41) is 9.53. The number of aliphatic carboxylic acids is 1. The Hall–Kier alpha value is -1.09. The molecule has 2 rings (SSSR count). The van der Waals surface area contributed by atoms with Crippen molar-refractivity contribution >= 4 is 5.97 Å². The number of carbonyl (C=O) groups is 1. The molecule has 5 atom stereocenters. The van der Waals surface area contributed by atoms with Gasteiger partial charge in [0.2, 0.25) is 0 Å². The van der Waals surface area contributed by atoms with E-state index >= 15 is 0 Å². The van der Waals surface area contributed by atoms with E-state index in [2.05, 4.69) is 20.8 Å². The molecule has 0 radical (unpaired) electrons. The third-order valence-corrected chi connectivity index (χ3v) is 5.27. The third-order valence-electron chi connectivity index (χ3n) is 5.27. The number of carboxylic acids is 1. The summed E-state index contributed by atoms with van der Waals surface area (Å²) in [6.07, 6.45) is 10.8. The molecule has 2 aliphatic carbocycles. The zero-order valence-corrected chi connectivity index (χ0v) is 12.8. The average Bonchev–Trinajstić information content (AvgIpc) is 2.38. The van der Waals surface area contributed by atoms with E-state index in [1.54, 1.807) is 12.2 Å². The maximum atomic E-state index is 11.6. The highest BCUT2D eigenvalue weighted by Crippen LogP contribution is 2.46. The lowest BCUT2D eigenvalue weighted by Gasteiger charge is -2.48. The molecule has 3 nitrogen and oxygen atoms in total. The molecule has 20 heavy (non-hydrogen) atoms. The van der Waals surface area contributed by atoms with Crippen LogP contribution in [0.15, 0.2) is 24.3 Å². The molecular weight excluding hydrogens is 250 g/mol. The molecule has 0 saturated heterocycles. The maximum absolute atomic E-state index is 11.6. The van der Waals surface area contributed by atoms with Gasteiger partial charge in [-0.1, -0.05) is 51.5 Å². The predicted octanol–water partition coefficient (Wildman–Crippen LogP) is 3.22. The van der Waals surface area contributed by atoms with E-state index in [0.717, 1.165) is 12.8 Å². The quantitative estimate of drug-likeness (QED) is 0.832. The normalized spacial score (nSPS) is 41.0. The van der Waals surface area contributed by atoms with Crippen molar-refractivity contribution in [3.05, 3.63) is 24.3 Å². The lowest BCUT2D eigenvalue weighted by atomic mass is 9.58. The molecule has 0 aromatic carbocycles. The Morgan fingerprint density at radius 1 is 1.35 bits per heavy atom. The van der Waals surface area contributed by atoms with Crippen LogP contribution in [0.1, 0.15) is 40.0 Å². The first-order valence-corrected chi connectivity index (χ1v) is 7.74. The van der Waals surface area contributed by atoms with Gasteiger partial charge in [0.05, 0.1) is 11.5 Å². The van der Waals surface area contributed by atoms with Gasteiger partial charge in [0.1, 0.15) is 0 Å². The van der Waals surface area contributed by atoms with Crippen molar-refractivity contribution in [1.29, 1.82) is 0 Å². The van der Waals surface area contributed by atoms with E-state index in [-0.39, 0.29) is 5.92 Å². The van der Waals surface area contributed by atoms with Gasteiger partial charge < -0.3 is 10.8 Å². The van der Waals surface area contributed by atoms with E-state index < -0.39 is 17.4 Å². The number of allylic oxidation sites excluding steroid dienone is 2. The second-order valence-corrected chi connectivity index (χ2v) is 6.99. The molecular formula is C17H27NO2. The van der Waals surface area contributed by atoms with E-state index in [0.29, 0.717) is 17.8 Å². The highest BCUT2D eigenvalue weighted by Gasteiger charge is 2.48. The number of rotatable bonds is 3. The summed E-state index contributed by atoms with van der Waals surface area (Å²) in [6.45, 7) is 6.72. The molecule has 0 aromatic rings. The minimum atomic E-state index is -0.811. The van der Waals surface area contributed by atoms with Gasteiger partial charge in [-0.3, -0.25) is 4.79 Å². The van der Waals surface area contributed by atoms with Crippen molar-refractivity contribution in [1.82, 2.24) is 0 Å². The Labute approximate surface area is 121 Å². The molecule has 3 N–H and O–H groups in total. The van der Waals surface area contributed by atoms with Gasteiger partial charge in [-0.05, 0) is 36.5 Å². The summed E-state index contributed by atoms with van der Waals surface area (Å²) in [5.74, 6) is 0.506. The average molecular weight is 277 g/mol. The summed E-state index contributed by atoms with van der Waals surface area (Å²) in [5.41, 5.74) is 5.90. The van der Waals surface area contributed by atoms with Crippen molar-refractivity contribution in [2.24, 2.45) is 35.3 Å². The van der Waals surface area contributed by atoms with Gasteiger partial charge >= 0.3 is 5.97 Å². The van der Waals surface area contributed by atoms with Gasteiger partial charge in [0.15, 0.2) is 0 Å². The van der Waals surface area contributed by atoms with Gasteiger partial charge in [-0.15, -0.1) is 0 Å². The lowest BCUT2D eigenvalue weighted by Crippen LogP contribution is -2.58. The molecule has 112 valence electrons. The molecule has 5 unspecified atom stereocenters. The largest absolute Gasteiger partial charge is 0.481 e. The van der Waals surface area contributed by atoms with Crippen LogP contribution in [0, 0.1) is 29.6 Å². The molecule has 0 bridgehead atoms. The first kappa shape index (κ1) is 15.3. The Morgan fingerprint density at radius 3 is 2.65 bits per heavy atom. The first-order valence-electron chi connectivity index (χ1n) is 7.74. The van der Waals surface area contributed by atoms with Crippen LogP contribution in [0.2, 0.25) is 0 Å². The summed E-state index contributed by atoms with van der Waals surface area (Å²) in [4.78, 5) is 11.6. The fourth-order valence-corrected chi connectivity index (χ4v) is 4.10. The molecule has 0 heterocycles. The van der Waals surface area contributed by atoms with Crippen LogP contribution in [0.4, 0.5) is 0 Å². The smallest absolute Gasteiger partial charge is 0.312 e. The van der Waals surface area contributed by atoms with E-state index in [4.69, 9.17) is 5.73 Å². The Balaban J connectivity index is 2.35. The Morgan fingerprint density at radius 2 is 2.05 bits per heavy atom. The summed E-state index contributed by atoms with van der Waals surface area (Å²) in [7, 11) is 0. The highest BCUT2D eigenvalue weighted by molar-refractivity contribution is 5.75. The fourth-order valence-electron chi connectivity index (χ4n) is 4.10. The van der Waals surface area contributed by atoms with E-state index in [1.807, 2.05) is 12.2 Å². The van der Waals surface area contributed by atoms with Crippen molar-refractivity contribution in [3.8, 4) is 0 Å². The van der Waals surface area contributed by atoms with Crippen LogP contribution in [0.3, 0.4) is 0 Å². The van der Waals surface area contributed by atoms with Gasteiger partial charge in [0, 0.05) is 0 Å².